The second-order valence-electron chi connectivity index (χ2n) is 2.69. The fraction of sp³-hybridized carbons (Fsp3) is 0.300. The molecule has 0 saturated heterocycles. The standard InChI is InChI=1S/C10H11NO2/c1-13-7-9-4-2-3-8(5-6-11)10(9)12/h2-4,12H,5,7H2,1H3. The first kappa shape index (κ1) is 9.56. The first-order valence-electron chi connectivity index (χ1n) is 3.95. The van der Waals surface area contributed by atoms with Crippen molar-refractivity contribution in [2.45, 2.75) is 13.0 Å². The Morgan fingerprint density at radius 3 is 2.77 bits per heavy atom. The summed E-state index contributed by atoms with van der Waals surface area (Å²) in [6, 6.07) is 7.31. The zero-order chi connectivity index (χ0) is 9.68. The van der Waals surface area contributed by atoms with Crippen LogP contribution in [0, 0.1) is 11.3 Å². The molecule has 0 radical (unpaired) electrons. The van der Waals surface area contributed by atoms with Gasteiger partial charge < -0.3 is 9.84 Å². The predicted molar refractivity (Wildman–Crippen MR) is 48.1 cm³/mol. The lowest BCUT2D eigenvalue weighted by atomic mass is 10.1. The summed E-state index contributed by atoms with van der Waals surface area (Å²) in [6.07, 6.45) is 0.226. The summed E-state index contributed by atoms with van der Waals surface area (Å²) in [4.78, 5) is 0. The number of rotatable bonds is 3. The van der Waals surface area contributed by atoms with Gasteiger partial charge in [0, 0.05) is 18.2 Å². The fourth-order valence-electron chi connectivity index (χ4n) is 1.14. The van der Waals surface area contributed by atoms with Gasteiger partial charge in [-0.15, -0.1) is 0 Å². The van der Waals surface area contributed by atoms with Gasteiger partial charge in [0.15, 0.2) is 0 Å². The van der Waals surface area contributed by atoms with Crippen molar-refractivity contribution in [3.05, 3.63) is 29.3 Å². The first-order chi connectivity index (χ1) is 6.29. The van der Waals surface area contributed by atoms with Crippen LogP contribution in [0.15, 0.2) is 18.2 Å². The van der Waals surface area contributed by atoms with Gasteiger partial charge in [0.2, 0.25) is 0 Å². The van der Waals surface area contributed by atoms with Crippen LogP contribution >= 0.6 is 0 Å². The van der Waals surface area contributed by atoms with E-state index in [2.05, 4.69) is 0 Å². The van der Waals surface area contributed by atoms with Crippen molar-refractivity contribution >= 4 is 0 Å². The van der Waals surface area contributed by atoms with Crippen LogP contribution in [0.1, 0.15) is 11.1 Å². The predicted octanol–water partition coefficient (Wildman–Crippen LogP) is 1.60. The largest absolute Gasteiger partial charge is 0.507 e. The van der Waals surface area contributed by atoms with Gasteiger partial charge in [-0.3, -0.25) is 0 Å². The van der Waals surface area contributed by atoms with Gasteiger partial charge >= 0.3 is 0 Å². The molecule has 0 fully saturated rings. The number of nitriles is 1. The Bertz CT molecular complexity index is 328. The molecule has 1 aromatic carbocycles. The van der Waals surface area contributed by atoms with Crippen LogP contribution in [0.2, 0.25) is 0 Å². The second kappa shape index (κ2) is 4.48. The van der Waals surface area contributed by atoms with Gasteiger partial charge in [-0.25, -0.2) is 0 Å². The highest BCUT2D eigenvalue weighted by atomic mass is 16.5. The number of phenolic OH excluding ortho intramolecular Hbond substituents is 1. The SMILES string of the molecule is COCc1cccc(CC#N)c1O. The fourth-order valence-corrected chi connectivity index (χ4v) is 1.14. The quantitative estimate of drug-likeness (QED) is 0.763. The molecule has 68 valence electrons. The highest BCUT2D eigenvalue weighted by Crippen LogP contribution is 2.23. The van der Waals surface area contributed by atoms with Crippen LogP contribution in [0.5, 0.6) is 5.75 Å². The maximum absolute atomic E-state index is 9.62. The van der Waals surface area contributed by atoms with Crippen molar-refractivity contribution in [3.63, 3.8) is 0 Å². The van der Waals surface area contributed by atoms with E-state index in [0.717, 1.165) is 5.56 Å². The van der Waals surface area contributed by atoms with E-state index in [1.165, 1.54) is 0 Å². The van der Waals surface area contributed by atoms with Gasteiger partial charge in [0.1, 0.15) is 5.75 Å². The third-order valence-corrected chi connectivity index (χ3v) is 1.77. The van der Waals surface area contributed by atoms with Crippen molar-refractivity contribution in [3.8, 4) is 11.8 Å². The molecule has 13 heavy (non-hydrogen) atoms. The molecule has 3 nitrogen and oxygen atoms in total. The highest BCUT2D eigenvalue weighted by molar-refractivity contribution is 5.41. The summed E-state index contributed by atoms with van der Waals surface area (Å²) >= 11 is 0. The van der Waals surface area contributed by atoms with Crippen LogP contribution in [0.3, 0.4) is 0 Å². The monoisotopic (exact) mass is 177 g/mol. The van der Waals surface area contributed by atoms with Crippen LogP contribution in [-0.2, 0) is 17.8 Å². The number of aromatic hydroxyl groups is 1. The average Bonchev–Trinajstić information content (AvgIpc) is 2.13. The van der Waals surface area contributed by atoms with Crippen LogP contribution < -0.4 is 0 Å². The van der Waals surface area contributed by atoms with Crippen LogP contribution in [0.25, 0.3) is 0 Å². The van der Waals surface area contributed by atoms with E-state index in [9.17, 15) is 5.11 Å². The Morgan fingerprint density at radius 2 is 2.15 bits per heavy atom. The van der Waals surface area contributed by atoms with Crippen molar-refractivity contribution in [1.29, 1.82) is 5.26 Å². The summed E-state index contributed by atoms with van der Waals surface area (Å²) < 4.78 is 4.90. The third-order valence-electron chi connectivity index (χ3n) is 1.77. The molecule has 0 spiro atoms. The number of hydrogen-bond acceptors (Lipinski definition) is 3. The molecular formula is C10H11NO2. The van der Waals surface area contributed by atoms with Gasteiger partial charge in [0.05, 0.1) is 19.1 Å². The summed E-state index contributed by atoms with van der Waals surface area (Å²) in [5.41, 5.74) is 1.37. The lowest BCUT2D eigenvalue weighted by molar-refractivity contribution is 0.182. The molecule has 0 amide bonds. The number of hydrogen-bond donors (Lipinski definition) is 1. The summed E-state index contributed by atoms with van der Waals surface area (Å²) in [5.74, 6) is 0.172. The van der Waals surface area contributed by atoms with Crippen molar-refractivity contribution in [2.24, 2.45) is 0 Å². The Labute approximate surface area is 77.2 Å². The smallest absolute Gasteiger partial charge is 0.125 e. The maximum atomic E-state index is 9.62. The van der Waals surface area contributed by atoms with Gasteiger partial charge in [-0.05, 0) is 0 Å². The highest BCUT2D eigenvalue weighted by Gasteiger charge is 2.05. The zero-order valence-electron chi connectivity index (χ0n) is 7.45. The Kier molecular flexibility index (Phi) is 3.30. The number of para-hydroxylation sites is 1. The van der Waals surface area contributed by atoms with Crippen LogP contribution in [0.4, 0.5) is 0 Å². The van der Waals surface area contributed by atoms with E-state index in [1.807, 2.05) is 6.07 Å². The number of benzene rings is 1. The lowest BCUT2D eigenvalue weighted by Crippen LogP contribution is -1.91. The molecule has 1 N–H and O–H groups in total. The normalized spacial score (nSPS) is 9.54. The molecule has 0 bridgehead atoms. The van der Waals surface area contributed by atoms with E-state index in [1.54, 1.807) is 25.3 Å². The average molecular weight is 177 g/mol. The maximum Gasteiger partial charge on any atom is 0.125 e. The molecule has 0 unspecified atom stereocenters. The Hall–Kier alpha value is -1.53. The van der Waals surface area contributed by atoms with Gasteiger partial charge in [-0.1, -0.05) is 18.2 Å². The molecule has 0 heterocycles. The minimum atomic E-state index is 0.172. The molecule has 0 atom stereocenters. The summed E-state index contributed by atoms with van der Waals surface area (Å²) in [6.45, 7) is 0.366. The molecule has 3 heteroatoms. The van der Waals surface area contributed by atoms with E-state index in [0.29, 0.717) is 12.2 Å². The van der Waals surface area contributed by atoms with E-state index >= 15 is 0 Å². The van der Waals surface area contributed by atoms with Gasteiger partial charge in [0.25, 0.3) is 0 Å². The van der Waals surface area contributed by atoms with E-state index < -0.39 is 0 Å². The second-order valence-corrected chi connectivity index (χ2v) is 2.69. The lowest BCUT2D eigenvalue weighted by Gasteiger charge is -2.05. The van der Waals surface area contributed by atoms with Crippen molar-refractivity contribution in [2.75, 3.05) is 7.11 Å². The zero-order valence-corrected chi connectivity index (χ0v) is 7.45. The van der Waals surface area contributed by atoms with E-state index in [-0.39, 0.29) is 12.2 Å². The number of nitrogens with zero attached hydrogens (tertiary/aromatic N) is 1. The Morgan fingerprint density at radius 1 is 1.46 bits per heavy atom. The summed E-state index contributed by atoms with van der Waals surface area (Å²) in [7, 11) is 1.57. The number of phenols is 1. The van der Waals surface area contributed by atoms with Crippen molar-refractivity contribution < 1.29 is 9.84 Å². The van der Waals surface area contributed by atoms with Gasteiger partial charge in [-0.2, -0.15) is 5.26 Å². The molecule has 0 aliphatic heterocycles. The minimum Gasteiger partial charge on any atom is -0.507 e. The molecule has 0 aliphatic rings. The number of ether oxygens (including phenoxy) is 1. The Balaban J connectivity index is 2.97. The summed E-state index contributed by atoms with van der Waals surface area (Å²) in [5, 5.41) is 18.1. The topological polar surface area (TPSA) is 53.2 Å². The minimum absolute atomic E-state index is 0.172. The molecule has 1 aromatic rings. The molecule has 0 saturated carbocycles. The van der Waals surface area contributed by atoms with E-state index in [4.69, 9.17) is 10.00 Å². The van der Waals surface area contributed by atoms with Crippen molar-refractivity contribution in [1.82, 2.24) is 0 Å². The molecule has 0 aromatic heterocycles. The molecule has 0 aliphatic carbocycles. The van der Waals surface area contributed by atoms with Crippen LogP contribution in [-0.4, -0.2) is 12.2 Å². The third kappa shape index (κ3) is 2.20. The molecule has 1 rings (SSSR count). The number of methoxy groups -OCH3 is 1. The first-order valence-corrected chi connectivity index (χ1v) is 3.95. The molecular weight excluding hydrogens is 166 g/mol.